The molecule has 2 fully saturated rings. The highest BCUT2D eigenvalue weighted by Gasteiger charge is 2.57. The summed E-state index contributed by atoms with van der Waals surface area (Å²) in [6.45, 7) is 9.45. The highest BCUT2D eigenvalue weighted by molar-refractivity contribution is 5.90. The highest BCUT2D eigenvalue weighted by Crippen LogP contribution is 2.43. The van der Waals surface area contributed by atoms with E-state index >= 15 is 0 Å². The zero-order chi connectivity index (χ0) is 18.1. The third-order valence-corrected chi connectivity index (χ3v) is 4.57. The van der Waals surface area contributed by atoms with Crippen LogP contribution >= 0.6 is 0 Å². The molecule has 0 bridgehead atoms. The second kappa shape index (κ2) is 6.61. The normalized spacial score (nSPS) is 29.7. The predicted molar refractivity (Wildman–Crippen MR) is 87.2 cm³/mol. The highest BCUT2D eigenvalue weighted by atomic mass is 16.6. The van der Waals surface area contributed by atoms with E-state index in [-0.39, 0.29) is 31.5 Å². The van der Waals surface area contributed by atoms with Crippen LogP contribution in [0.4, 0.5) is 4.79 Å². The molecule has 2 saturated heterocycles. The van der Waals surface area contributed by atoms with Gasteiger partial charge in [-0.05, 0) is 47.0 Å². The Hall–Kier alpha value is -1.79. The summed E-state index contributed by atoms with van der Waals surface area (Å²) in [5, 5.41) is 2.97. The van der Waals surface area contributed by atoms with Crippen LogP contribution in [0, 0.1) is 5.41 Å². The third-order valence-electron chi connectivity index (χ3n) is 4.57. The molecule has 7 heteroatoms. The van der Waals surface area contributed by atoms with Gasteiger partial charge in [-0.2, -0.15) is 0 Å². The van der Waals surface area contributed by atoms with E-state index in [4.69, 9.17) is 9.47 Å². The third kappa shape index (κ3) is 3.65. The molecule has 1 N–H and O–H groups in total. The van der Waals surface area contributed by atoms with Gasteiger partial charge in [-0.1, -0.05) is 6.92 Å². The molecule has 0 aromatic carbocycles. The van der Waals surface area contributed by atoms with Crippen molar-refractivity contribution in [2.75, 3.05) is 13.2 Å². The van der Waals surface area contributed by atoms with Crippen LogP contribution in [0.1, 0.15) is 53.9 Å². The monoisotopic (exact) mass is 340 g/mol. The summed E-state index contributed by atoms with van der Waals surface area (Å²) in [7, 11) is 0. The first-order valence-corrected chi connectivity index (χ1v) is 8.59. The molecule has 1 spiro atoms. The van der Waals surface area contributed by atoms with Gasteiger partial charge in [0.2, 0.25) is 5.91 Å². The summed E-state index contributed by atoms with van der Waals surface area (Å²) in [6, 6.07) is -0.694. The second-order valence-electron chi connectivity index (χ2n) is 7.64. The Bertz CT molecular complexity index is 528. The molecule has 0 aromatic rings. The van der Waals surface area contributed by atoms with Gasteiger partial charge in [-0.15, -0.1) is 0 Å². The fourth-order valence-corrected chi connectivity index (χ4v) is 3.46. The minimum Gasteiger partial charge on any atom is -0.464 e. The Morgan fingerprint density at radius 2 is 1.96 bits per heavy atom. The molecule has 7 nitrogen and oxygen atoms in total. The molecule has 0 aliphatic carbocycles. The van der Waals surface area contributed by atoms with Gasteiger partial charge in [0, 0.05) is 12.6 Å². The molecule has 2 aliphatic heterocycles. The van der Waals surface area contributed by atoms with Crippen molar-refractivity contribution in [1.82, 2.24) is 10.2 Å². The fourth-order valence-electron chi connectivity index (χ4n) is 3.46. The van der Waals surface area contributed by atoms with Gasteiger partial charge < -0.3 is 14.8 Å². The Kier molecular flexibility index (Phi) is 5.11. The van der Waals surface area contributed by atoms with Crippen molar-refractivity contribution < 1.29 is 23.9 Å². The summed E-state index contributed by atoms with van der Waals surface area (Å²) < 4.78 is 10.5. The van der Waals surface area contributed by atoms with E-state index in [0.717, 1.165) is 6.42 Å². The van der Waals surface area contributed by atoms with E-state index < -0.39 is 29.1 Å². The van der Waals surface area contributed by atoms with Crippen molar-refractivity contribution in [3.8, 4) is 0 Å². The van der Waals surface area contributed by atoms with Crippen LogP contribution in [0.5, 0.6) is 0 Å². The van der Waals surface area contributed by atoms with Crippen molar-refractivity contribution in [1.29, 1.82) is 0 Å². The lowest BCUT2D eigenvalue weighted by atomic mass is 9.82. The van der Waals surface area contributed by atoms with E-state index in [1.807, 2.05) is 6.92 Å². The standard InChI is InChI=1S/C17H28N2O5/c1-6-11-8-17(14(21)18-11)9-12(13(20)23-7-2)19(10-17)15(22)24-16(3,4)5/h11-12H,6-10H2,1-5H3,(H,18,21)/t11?,12-,17-/m0/s1. The fraction of sp³-hybridized carbons (Fsp3) is 0.824. The molecule has 136 valence electrons. The number of hydrogen-bond acceptors (Lipinski definition) is 5. The molecule has 3 atom stereocenters. The van der Waals surface area contributed by atoms with Crippen LogP contribution in [-0.2, 0) is 19.1 Å². The van der Waals surface area contributed by atoms with Gasteiger partial charge >= 0.3 is 12.1 Å². The first-order chi connectivity index (χ1) is 11.1. The van der Waals surface area contributed by atoms with Crippen LogP contribution < -0.4 is 5.32 Å². The Morgan fingerprint density at radius 1 is 1.29 bits per heavy atom. The summed E-state index contributed by atoms with van der Waals surface area (Å²) >= 11 is 0. The van der Waals surface area contributed by atoms with Crippen LogP contribution in [0.15, 0.2) is 0 Å². The lowest BCUT2D eigenvalue weighted by Gasteiger charge is -2.27. The number of hydrogen-bond donors (Lipinski definition) is 1. The minimum atomic E-state index is -0.777. The summed E-state index contributed by atoms with van der Waals surface area (Å²) in [4.78, 5) is 38.7. The Balaban J connectivity index is 2.24. The minimum absolute atomic E-state index is 0.0823. The molecule has 0 radical (unpaired) electrons. The molecule has 2 heterocycles. The SMILES string of the molecule is CCOC(=O)[C@@H]1C[C@@]2(CC(CC)NC2=O)CN1C(=O)OC(C)(C)C. The molecular formula is C17H28N2O5. The zero-order valence-electron chi connectivity index (χ0n) is 15.2. The maximum absolute atomic E-state index is 12.5. The summed E-state index contributed by atoms with van der Waals surface area (Å²) in [5.41, 5.74) is -1.40. The molecule has 2 rings (SSSR count). The van der Waals surface area contributed by atoms with E-state index in [1.165, 1.54) is 4.90 Å². The van der Waals surface area contributed by atoms with Crippen LogP contribution in [-0.4, -0.2) is 53.7 Å². The van der Waals surface area contributed by atoms with Gasteiger partial charge in [0.15, 0.2) is 0 Å². The average molecular weight is 340 g/mol. The van der Waals surface area contributed by atoms with Crippen molar-refractivity contribution in [2.45, 2.75) is 71.6 Å². The quantitative estimate of drug-likeness (QED) is 0.793. The summed E-state index contributed by atoms with van der Waals surface area (Å²) in [6.07, 6.45) is 1.15. The number of likely N-dealkylation sites (tertiary alicyclic amines) is 1. The van der Waals surface area contributed by atoms with Crippen LogP contribution in [0.25, 0.3) is 0 Å². The second-order valence-corrected chi connectivity index (χ2v) is 7.64. The first-order valence-electron chi connectivity index (χ1n) is 8.59. The topological polar surface area (TPSA) is 84.9 Å². The smallest absolute Gasteiger partial charge is 0.411 e. The van der Waals surface area contributed by atoms with Gasteiger partial charge in [0.25, 0.3) is 0 Å². The number of carbonyl (C=O) groups excluding carboxylic acids is 3. The van der Waals surface area contributed by atoms with Gasteiger partial charge in [-0.25, -0.2) is 9.59 Å². The number of nitrogens with one attached hydrogen (secondary N) is 1. The number of rotatable bonds is 3. The molecule has 1 unspecified atom stereocenters. The molecule has 0 aromatic heterocycles. The van der Waals surface area contributed by atoms with E-state index in [2.05, 4.69) is 5.32 Å². The molecule has 2 amide bonds. The van der Waals surface area contributed by atoms with Gasteiger partial charge in [0.05, 0.1) is 12.0 Å². The molecular weight excluding hydrogens is 312 g/mol. The van der Waals surface area contributed by atoms with E-state index in [9.17, 15) is 14.4 Å². The number of nitrogens with zero attached hydrogens (tertiary/aromatic N) is 1. The average Bonchev–Trinajstić information content (AvgIpc) is 3.00. The Morgan fingerprint density at radius 3 is 2.46 bits per heavy atom. The molecule has 0 saturated carbocycles. The van der Waals surface area contributed by atoms with E-state index in [0.29, 0.717) is 6.42 Å². The first kappa shape index (κ1) is 18.5. The Labute approximate surface area is 143 Å². The van der Waals surface area contributed by atoms with Crippen molar-refractivity contribution in [3.05, 3.63) is 0 Å². The van der Waals surface area contributed by atoms with Crippen molar-refractivity contribution >= 4 is 18.0 Å². The van der Waals surface area contributed by atoms with Crippen LogP contribution in [0.2, 0.25) is 0 Å². The largest absolute Gasteiger partial charge is 0.464 e. The predicted octanol–water partition coefficient (Wildman–Crippen LogP) is 1.84. The molecule has 24 heavy (non-hydrogen) atoms. The maximum atomic E-state index is 12.5. The van der Waals surface area contributed by atoms with Gasteiger partial charge in [0.1, 0.15) is 11.6 Å². The number of esters is 1. The maximum Gasteiger partial charge on any atom is 0.411 e. The number of carbonyl (C=O) groups is 3. The number of amides is 2. The summed E-state index contributed by atoms with van der Waals surface area (Å²) in [5.74, 6) is -0.567. The lowest BCUT2D eigenvalue weighted by Crippen LogP contribution is -2.44. The lowest BCUT2D eigenvalue weighted by molar-refractivity contribution is -0.148. The van der Waals surface area contributed by atoms with Gasteiger partial charge in [-0.3, -0.25) is 9.69 Å². The van der Waals surface area contributed by atoms with E-state index in [1.54, 1.807) is 27.7 Å². The van der Waals surface area contributed by atoms with Crippen molar-refractivity contribution in [3.63, 3.8) is 0 Å². The van der Waals surface area contributed by atoms with Crippen LogP contribution in [0.3, 0.4) is 0 Å². The number of ether oxygens (including phenoxy) is 2. The van der Waals surface area contributed by atoms with Crippen molar-refractivity contribution in [2.24, 2.45) is 5.41 Å². The zero-order valence-corrected chi connectivity index (χ0v) is 15.2. The molecule has 2 aliphatic rings.